The van der Waals surface area contributed by atoms with Crippen molar-refractivity contribution < 1.29 is 17.5 Å². The molecule has 0 radical (unpaired) electrons. The van der Waals surface area contributed by atoms with Gasteiger partial charge < -0.3 is 4.74 Å². The van der Waals surface area contributed by atoms with Gasteiger partial charge in [-0.25, -0.2) is 22.8 Å². The molecule has 8 nitrogen and oxygen atoms in total. The molecule has 0 amide bonds. The number of ether oxygens (including phenoxy) is 1. The Morgan fingerprint density at radius 1 is 1.09 bits per heavy atom. The van der Waals surface area contributed by atoms with E-state index in [0.717, 1.165) is 22.1 Å². The van der Waals surface area contributed by atoms with Crippen molar-refractivity contribution in [3.8, 4) is 11.8 Å². The van der Waals surface area contributed by atoms with Gasteiger partial charge in [-0.2, -0.15) is 9.57 Å². The second-order valence-corrected chi connectivity index (χ2v) is 8.66. The van der Waals surface area contributed by atoms with Crippen LogP contribution >= 0.6 is 11.6 Å². The minimum absolute atomic E-state index is 0.00867. The van der Waals surface area contributed by atoms with Crippen molar-refractivity contribution >= 4 is 44.0 Å². The number of anilines is 2. The fraction of sp³-hybridized carbons (Fsp3) is 0.0476. The number of aromatic nitrogens is 3. The number of methoxy groups -OCH3 is 1. The van der Waals surface area contributed by atoms with Gasteiger partial charge >= 0.3 is 0 Å². The molecule has 4 rings (SSSR count). The summed E-state index contributed by atoms with van der Waals surface area (Å²) in [6.45, 7) is 0. The summed E-state index contributed by atoms with van der Waals surface area (Å²) in [5, 5.41) is 10.9. The molecule has 2 aromatic carbocycles. The third-order valence-electron chi connectivity index (χ3n) is 4.55. The van der Waals surface area contributed by atoms with Crippen LogP contribution in [0.25, 0.3) is 10.8 Å². The Hall–Kier alpha value is -3.81. The first-order valence-electron chi connectivity index (χ1n) is 8.99. The monoisotopic (exact) mass is 469 g/mol. The van der Waals surface area contributed by atoms with Crippen LogP contribution < -0.4 is 9.04 Å². The lowest BCUT2D eigenvalue weighted by molar-refractivity contribution is 0.416. The summed E-state index contributed by atoms with van der Waals surface area (Å²) in [5.74, 6) is -1.04. The van der Waals surface area contributed by atoms with Gasteiger partial charge in [-0.3, -0.25) is 4.98 Å². The van der Waals surface area contributed by atoms with Crippen LogP contribution in [0.3, 0.4) is 0 Å². The van der Waals surface area contributed by atoms with Gasteiger partial charge in [0.2, 0.25) is 5.95 Å². The molecule has 2 aromatic heterocycles. The van der Waals surface area contributed by atoms with Gasteiger partial charge in [0.05, 0.1) is 35.0 Å². The van der Waals surface area contributed by atoms with Crippen molar-refractivity contribution in [2.24, 2.45) is 0 Å². The van der Waals surface area contributed by atoms with Crippen molar-refractivity contribution in [3.63, 3.8) is 0 Å². The Morgan fingerprint density at radius 2 is 1.84 bits per heavy atom. The molecule has 0 bridgehead atoms. The van der Waals surface area contributed by atoms with Crippen LogP contribution in [-0.2, 0) is 10.0 Å². The number of benzene rings is 2. The first-order chi connectivity index (χ1) is 15.3. The summed E-state index contributed by atoms with van der Waals surface area (Å²) in [4.78, 5) is 11.6. The molecule has 0 fully saturated rings. The molecule has 160 valence electrons. The Balaban J connectivity index is 2.00. The molecule has 0 saturated heterocycles. The predicted octanol–water partition coefficient (Wildman–Crippen LogP) is 4.22. The lowest BCUT2D eigenvalue weighted by Gasteiger charge is -2.24. The number of hydrogen-bond acceptors (Lipinski definition) is 7. The number of hydrogen-bond donors (Lipinski definition) is 0. The zero-order valence-electron chi connectivity index (χ0n) is 16.4. The quantitative estimate of drug-likeness (QED) is 0.430. The largest absolute Gasteiger partial charge is 0.494 e. The average Bonchev–Trinajstić information content (AvgIpc) is 2.80. The molecule has 0 aliphatic rings. The first kappa shape index (κ1) is 21.4. The lowest BCUT2D eigenvalue weighted by Crippen LogP contribution is -2.28. The maximum Gasteiger partial charge on any atom is 0.271 e. The molecule has 4 aromatic rings. The van der Waals surface area contributed by atoms with Crippen molar-refractivity contribution in [3.05, 3.63) is 77.6 Å². The Bertz CT molecular complexity index is 1470. The topological polar surface area (TPSA) is 109 Å². The molecule has 0 spiro atoms. The molecule has 0 saturated carbocycles. The van der Waals surface area contributed by atoms with Gasteiger partial charge in [0.25, 0.3) is 10.0 Å². The molecule has 0 aliphatic heterocycles. The number of sulfonamides is 1. The summed E-state index contributed by atoms with van der Waals surface area (Å²) in [6.07, 6.45) is 4.82. The number of pyridine rings is 1. The van der Waals surface area contributed by atoms with E-state index in [2.05, 4.69) is 15.0 Å². The zero-order valence-corrected chi connectivity index (χ0v) is 18.0. The summed E-state index contributed by atoms with van der Waals surface area (Å²) in [7, 11) is -3.03. The van der Waals surface area contributed by atoms with Crippen LogP contribution in [-0.4, -0.2) is 30.5 Å². The number of halogens is 2. The zero-order chi connectivity index (χ0) is 22.9. The molecule has 0 unspecified atom stereocenters. The van der Waals surface area contributed by atoms with Gasteiger partial charge in [-0.1, -0.05) is 17.7 Å². The molecular weight excluding hydrogens is 457 g/mol. The van der Waals surface area contributed by atoms with Crippen molar-refractivity contribution in [2.75, 3.05) is 11.4 Å². The second-order valence-electron chi connectivity index (χ2n) is 6.47. The van der Waals surface area contributed by atoms with E-state index in [0.29, 0.717) is 5.39 Å². The van der Waals surface area contributed by atoms with Crippen molar-refractivity contribution in [2.45, 2.75) is 4.90 Å². The number of nitrogens with zero attached hydrogens (tertiary/aromatic N) is 5. The fourth-order valence-electron chi connectivity index (χ4n) is 3.03. The molecule has 0 aliphatic carbocycles. The van der Waals surface area contributed by atoms with Crippen LogP contribution in [0, 0.1) is 17.1 Å². The number of rotatable bonds is 5. The summed E-state index contributed by atoms with van der Waals surface area (Å²) >= 11 is 6.09. The lowest BCUT2D eigenvalue weighted by atomic mass is 10.2. The molecule has 32 heavy (non-hydrogen) atoms. The highest BCUT2D eigenvalue weighted by Gasteiger charge is 2.32. The van der Waals surface area contributed by atoms with Gasteiger partial charge in [-0.15, -0.1) is 0 Å². The molecular formula is C21H13ClFN5O3S. The SMILES string of the molecule is COc1cc(Cl)c(C#N)cc1N(c1ncc(F)cn1)S(=O)(=O)c1ccc2cnccc2c1. The molecule has 11 heteroatoms. The summed E-state index contributed by atoms with van der Waals surface area (Å²) < 4.78 is 47.1. The highest BCUT2D eigenvalue weighted by atomic mass is 35.5. The average molecular weight is 470 g/mol. The minimum Gasteiger partial charge on any atom is -0.494 e. The van der Waals surface area contributed by atoms with Crippen LogP contribution in [0.15, 0.2) is 66.1 Å². The highest BCUT2D eigenvalue weighted by Crippen LogP contribution is 2.40. The van der Waals surface area contributed by atoms with Gasteiger partial charge in [0.1, 0.15) is 17.5 Å². The van der Waals surface area contributed by atoms with E-state index in [-0.39, 0.29) is 32.9 Å². The van der Waals surface area contributed by atoms with Crippen molar-refractivity contribution in [1.29, 1.82) is 5.26 Å². The van der Waals surface area contributed by atoms with E-state index in [9.17, 15) is 18.1 Å². The predicted molar refractivity (Wildman–Crippen MR) is 116 cm³/mol. The first-order valence-corrected chi connectivity index (χ1v) is 10.8. The molecule has 0 atom stereocenters. The van der Waals surface area contributed by atoms with Crippen molar-refractivity contribution in [1.82, 2.24) is 15.0 Å². The van der Waals surface area contributed by atoms with Gasteiger partial charge in [0.15, 0.2) is 5.82 Å². The van der Waals surface area contributed by atoms with E-state index in [1.807, 2.05) is 6.07 Å². The highest BCUT2D eigenvalue weighted by molar-refractivity contribution is 7.93. The Kier molecular flexibility index (Phi) is 5.61. The third-order valence-corrected chi connectivity index (χ3v) is 6.55. The van der Waals surface area contributed by atoms with E-state index >= 15 is 0 Å². The third kappa shape index (κ3) is 3.79. The van der Waals surface area contributed by atoms with Crippen LogP contribution in [0.4, 0.5) is 16.0 Å². The summed E-state index contributed by atoms with van der Waals surface area (Å²) in [6, 6.07) is 10.6. The summed E-state index contributed by atoms with van der Waals surface area (Å²) in [5.41, 5.74) is -0.0516. The molecule has 0 N–H and O–H groups in total. The Morgan fingerprint density at radius 3 is 2.53 bits per heavy atom. The van der Waals surface area contributed by atoms with E-state index in [1.54, 1.807) is 24.5 Å². The maximum atomic E-state index is 13.8. The van der Waals surface area contributed by atoms with Gasteiger partial charge in [-0.05, 0) is 29.7 Å². The fourth-order valence-corrected chi connectivity index (χ4v) is 4.67. The van der Waals surface area contributed by atoms with Crippen LogP contribution in [0.1, 0.15) is 5.56 Å². The second kappa shape index (κ2) is 8.37. The van der Waals surface area contributed by atoms with Crippen LogP contribution in [0.5, 0.6) is 5.75 Å². The smallest absolute Gasteiger partial charge is 0.271 e. The maximum absolute atomic E-state index is 13.8. The Labute approximate surface area is 187 Å². The number of nitriles is 1. The van der Waals surface area contributed by atoms with Crippen LogP contribution in [0.2, 0.25) is 5.02 Å². The van der Waals surface area contributed by atoms with E-state index in [1.165, 1.54) is 31.4 Å². The molecule has 2 heterocycles. The van der Waals surface area contributed by atoms with E-state index < -0.39 is 15.8 Å². The van der Waals surface area contributed by atoms with Gasteiger partial charge in [0, 0.05) is 23.8 Å². The standard InChI is InChI=1S/C21H13ClFN5O3S/c1-31-20-8-18(22)15(9-24)7-19(20)28(21-26-11-16(23)12-27-21)32(29,30)17-3-2-14-10-25-5-4-13(14)6-17/h2-8,10-12H,1H3. The number of fused-ring (bicyclic) bond motifs is 1. The minimum atomic E-state index is -4.35. The normalized spacial score (nSPS) is 11.2. The van der Waals surface area contributed by atoms with E-state index in [4.69, 9.17) is 16.3 Å².